The van der Waals surface area contributed by atoms with Gasteiger partial charge in [-0.25, -0.2) is 0 Å². The summed E-state index contributed by atoms with van der Waals surface area (Å²) in [5.41, 5.74) is 1.55. The zero-order valence-corrected chi connectivity index (χ0v) is 16.0. The first-order chi connectivity index (χ1) is 12.6. The summed E-state index contributed by atoms with van der Waals surface area (Å²) in [4.78, 5) is 0. The fourth-order valence-electron chi connectivity index (χ4n) is 2.15. The molecule has 3 aromatic rings. The number of halogens is 2. The number of nitriles is 1. The molecule has 0 aliphatic heterocycles. The summed E-state index contributed by atoms with van der Waals surface area (Å²) in [5, 5.41) is 18.5. The highest BCUT2D eigenvalue weighted by atomic mass is 35.5. The predicted octanol–water partition coefficient (Wildman–Crippen LogP) is 5.68. The SMILES string of the molecule is C[C@H](Oc1ccc(Cl)cc1Cl)c1nnc(SCc2ccccc2C#N)o1. The molecule has 0 saturated heterocycles. The van der Waals surface area contributed by atoms with Gasteiger partial charge in [0.25, 0.3) is 11.1 Å². The van der Waals surface area contributed by atoms with E-state index in [2.05, 4.69) is 16.3 Å². The molecule has 8 heteroatoms. The third-order valence-corrected chi connectivity index (χ3v) is 4.85. The highest BCUT2D eigenvalue weighted by Gasteiger charge is 2.17. The summed E-state index contributed by atoms with van der Waals surface area (Å²) in [6.45, 7) is 1.79. The Morgan fingerprint density at radius 1 is 1.23 bits per heavy atom. The lowest BCUT2D eigenvalue weighted by atomic mass is 10.1. The average Bonchev–Trinajstić information content (AvgIpc) is 3.11. The van der Waals surface area contributed by atoms with Crippen molar-refractivity contribution in [3.63, 3.8) is 0 Å². The number of ether oxygens (including phenoxy) is 1. The summed E-state index contributed by atoms with van der Waals surface area (Å²) >= 11 is 13.3. The Bertz CT molecular complexity index is 956. The van der Waals surface area contributed by atoms with E-state index in [0.717, 1.165) is 5.56 Å². The van der Waals surface area contributed by atoms with E-state index < -0.39 is 6.10 Å². The summed E-state index contributed by atoms with van der Waals surface area (Å²) in [6, 6.07) is 14.6. The first-order valence-electron chi connectivity index (χ1n) is 7.62. The van der Waals surface area contributed by atoms with Crippen LogP contribution >= 0.6 is 35.0 Å². The minimum atomic E-state index is -0.470. The Morgan fingerprint density at radius 2 is 2.04 bits per heavy atom. The molecule has 0 aliphatic carbocycles. The van der Waals surface area contributed by atoms with E-state index in [9.17, 15) is 0 Å². The molecular formula is C18H13Cl2N3O2S. The van der Waals surface area contributed by atoms with Crippen LogP contribution in [-0.2, 0) is 5.75 Å². The molecule has 5 nitrogen and oxygen atoms in total. The van der Waals surface area contributed by atoms with Crippen molar-refractivity contribution in [1.29, 1.82) is 5.26 Å². The zero-order chi connectivity index (χ0) is 18.5. The normalized spacial score (nSPS) is 11.8. The molecule has 1 heterocycles. The molecular weight excluding hydrogens is 393 g/mol. The molecule has 1 aromatic heterocycles. The maximum absolute atomic E-state index is 9.13. The fourth-order valence-corrected chi connectivity index (χ4v) is 3.38. The molecule has 132 valence electrons. The van der Waals surface area contributed by atoms with E-state index >= 15 is 0 Å². The van der Waals surface area contributed by atoms with Gasteiger partial charge in [0.2, 0.25) is 0 Å². The van der Waals surface area contributed by atoms with Gasteiger partial charge in [-0.1, -0.05) is 53.2 Å². The van der Waals surface area contributed by atoms with E-state index in [1.807, 2.05) is 18.2 Å². The number of thioether (sulfide) groups is 1. The smallest absolute Gasteiger partial charge is 0.277 e. The number of benzene rings is 2. The van der Waals surface area contributed by atoms with E-state index in [1.165, 1.54) is 11.8 Å². The van der Waals surface area contributed by atoms with Crippen LogP contribution in [0.1, 0.15) is 30.0 Å². The summed E-state index contributed by atoms with van der Waals surface area (Å²) in [6.07, 6.45) is -0.470. The van der Waals surface area contributed by atoms with Crippen LogP contribution in [0, 0.1) is 11.3 Å². The molecule has 0 fully saturated rings. The van der Waals surface area contributed by atoms with Gasteiger partial charge in [0.15, 0.2) is 6.10 Å². The molecule has 0 saturated carbocycles. The molecule has 0 bridgehead atoms. The van der Waals surface area contributed by atoms with E-state index in [0.29, 0.717) is 38.2 Å². The van der Waals surface area contributed by atoms with Gasteiger partial charge in [-0.15, -0.1) is 10.2 Å². The molecule has 2 aromatic carbocycles. The van der Waals surface area contributed by atoms with Crippen molar-refractivity contribution in [1.82, 2.24) is 10.2 Å². The van der Waals surface area contributed by atoms with Crippen LogP contribution in [0.5, 0.6) is 5.75 Å². The van der Waals surface area contributed by atoms with E-state index in [4.69, 9.17) is 37.6 Å². The maximum Gasteiger partial charge on any atom is 0.277 e. The van der Waals surface area contributed by atoms with Gasteiger partial charge in [0.1, 0.15) is 5.75 Å². The zero-order valence-electron chi connectivity index (χ0n) is 13.6. The predicted molar refractivity (Wildman–Crippen MR) is 101 cm³/mol. The fraction of sp³-hybridized carbons (Fsp3) is 0.167. The van der Waals surface area contributed by atoms with Crippen molar-refractivity contribution in [2.45, 2.75) is 24.0 Å². The standard InChI is InChI=1S/C18H13Cl2N3O2S/c1-11(24-16-7-6-14(19)8-15(16)20)17-22-23-18(25-17)26-10-13-5-3-2-4-12(13)9-21/h2-8,11H,10H2,1H3/t11-/m0/s1. The summed E-state index contributed by atoms with van der Waals surface area (Å²) in [5.74, 6) is 1.38. The summed E-state index contributed by atoms with van der Waals surface area (Å²) < 4.78 is 11.4. The lowest BCUT2D eigenvalue weighted by Crippen LogP contribution is -2.03. The van der Waals surface area contributed by atoms with Gasteiger partial charge in [0, 0.05) is 10.8 Å². The number of hydrogen-bond acceptors (Lipinski definition) is 6. The van der Waals surface area contributed by atoms with Gasteiger partial charge in [-0.3, -0.25) is 0 Å². The van der Waals surface area contributed by atoms with Crippen molar-refractivity contribution in [2.24, 2.45) is 0 Å². The molecule has 26 heavy (non-hydrogen) atoms. The lowest BCUT2D eigenvalue weighted by molar-refractivity contribution is 0.182. The maximum atomic E-state index is 9.13. The highest BCUT2D eigenvalue weighted by molar-refractivity contribution is 7.98. The quantitative estimate of drug-likeness (QED) is 0.491. The highest BCUT2D eigenvalue weighted by Crippen LogP contribution is 2.32. The van der Waals surface area contributed by atoms with E-state index in [-0.39, 0.29) is 0 Å². The van der Waals surface area contributed by atoms with Crippen molar-refractivity contribution >= 4 is 35.0 Å². The van der Waals surface area contributed by atoms with Crippen LogP contribution in [0.15, 0.2) is 52.1 Å². The lowest BCUT2D eigenvalue weighted by Gasteiger charge is -2.12. The van der Waals surface area contributed by atoms with Crippen molar-refractivity contribution in [2.75, 3.05) is 0 Å². The largest absolute Gasteiger partial charge is 0.479 e. The van der Waals surface area contributed by atoms with Crippen molar-refractivity contribution < 1.29 is 9.15 Å². The Hall–Kier alpha value is -2.20. The monoisotopic (exact) mass is 405 g/mol. The topological polar surface area (TPSA) is 71.9 Å². The number of aromatic nitrogens is 2. The molecule has 0 radical (unpaired) electrons. The van der Waals surface area contributed by atoms with Crippen LogP contribution in [0.4, 0.5) is 0 Å². The molecule has 0 N–H and O–H groups in total. The van der Waals surface area contributed by atoms with E-state index in [1.54, 1.807) is 31.2 Å². The van der Waals surface area contributed by atoms with Crippen LogP contribution < -0.4 is 4.74 Å². The second-order valence-electron chi connectivity index (χ2n) is 5.30. The first-order valence-corrected chi connectivity index (χ1v) is 9.37. The molecule has 0 amide bonds. The van der Waals surface area contributed by atoms with Crippen molar-refractivity contribution in [3.8, 4) is 11.8 Å². The van der Waals surface area contributed by atoms with Crippen LogP contribution in [0.3, 0.4) is 0 Å². The number of rotatable bonds is 6. The average molecular weight is 406 g/mol. The number of hydrogen-bond donors (Lipinski definition) is 0. The van der Waals surface area contributed by atoms with Gasteiger partial charge >= 0.3 is 0 Å². The Balaban J connectivity index is 1.64. The minimum absolute atomic E-state index is 0.340. The molecule has 0 unspecified atom stereocenters. The van der Waals surface area contributed by atoms with Gasteiger partial charge in [-0.2, -0.15) is 5.26 Å². The Labute approximate surface area is 164 Å². The molecule has 3 rings (SSSR count). The van der Waals surface area contributed by atoms with Gasteiger partial charge in [-0.05, 0) is 36.8 Å². The van der Waals surface area contributed by atoms with Crippen molar-refractivity contribution in [3.05, 3.63) is 69.5 Å². The van der Waals surface area contributed by atoms with Crippen LogP contribution in [0.25, 0.3) is 0 Å². The third kappa shape index (κ3) is 4.50. The molecule has 1 atom stereocenters. The second kappa shape index (κ2) is 8.45. The molecule has 0 aliphatic rings. The second-order valence-corrected chi connectivity index (χ2v) is 7.07. The molecule has 0 spiro atoms. The number of nitrogens with zero attached hydrogens (tertiary/aromatic N) is 3. The Kier molecular flexibility index (Phi) is 6.04. The summed E-state index contributed by atoms with van der Waals surface area (Å²) in [7, 11) is 0. The van der Waals surface area contributed by atoms with Gasteiger partial charge < -0.3 is 9.15 Å². The van der Waals surface area contributed by atoms with Gasteiger partial charge in [0.05, 0.1) is 16.7 Å². The Morgan fingerprint density at radius 3 is 2.81 bits per heavy atom. The first kappa shape index (κ1) is 18.6. The van der Waals surface area contributed by atoms with Crippen LogP contribution in [0.2, 0.25) is 10.0 Å². The third-order valence-electron chi connectivity index (χ3n) is 3.46. The van der Waals surface area contributed by atoms with Crippen LogP contribution in [-0.4, -0.2) is 10.2 Å². The minimum Gasteiger partial charge on any atom is -0.479 e.